The third-order valence-corrected chi connectivity index (χ3v) is 5.72. The van der Waals surface area contributed by atoms with E-state index in [4.69, 9.17) is 19.2 Å². The number of aromatic nitrogens is 2. The Morgan fingerprint density at radius 2 is 1.63 bits per heavy atom. The van der Waals surface area contributed by atoms with Crippen LogP contribution in [0.5, 0.6) is 17.2 Å². The molecule has 0 radical (unpaired) electrons. The number of aromatic amines is 1. The molecule has 2 aromatic carbocycles. The van der Waals surface area contributed by atoms with Crippen molar-refractivity contribution in [3.05, 3.63) is 48.2 Å². The first-order valence-electron chi connectivity index (χ1n) is 8.50. The summed E-state index contributed by atoms with van der Waals surface area (Å²) in [4.78, 5) is 9.38. The fourth-order valence-electron chi connectivity index (χ4n) is 3.17. The normalized spacial score (nSPS) is 11.0. The molecule has 0 saturated heterocycles. The molecule has 27 heavy (non-hydrogen) atoms. The maximum Gasteiger partial charge on any atom is 0.203 e. The molecule has 0 aliphatic carbocycles. The van der Waals surface area contributed by atoms with Crippen LogP contribution in [0.25, 0.3) is 32.0 Å². The van der Waals surface area contributed by atoms with Crippen molar-refractivity contribution in [3.63, 3.8) is 0 Å². The Morgan fingerprint density at radius 1 is 0.926 bits per heavy atom. The van der Waals surface area contributed by atoms with E-state index in [9.17, 15) is 0 Å². The van der Waals surface area contributed by atoms with E-state index in [1.807, 2.05) is 31.2 Å². The van der Waals surface area contributed by atoms with Gasteiger partial charge in [0.15, 0.2) is 11.5 Å². The highest BCUT2D eigenvalue weighted by Gasteiger charge is 2.18. The lowest BCUT2D eigenvalue weighted by atomic mass is 10.2. The summed E-state index contributed by atoms with van der Waals surface area (Å²) in [5.41, 5.74) is 4.11. The largest absolute Gasteiger partial charge is 0.493 e. The van der Waals surface area contributed by atoms with E-state index in [1.54, 1.807) is 32.7 Å². The van der Waals surface area contributed by atoms with Crippen molar-refractivity contribution in [3.8, 4) is 38.4 Å². The number of nitrogens with one attached hydrogen (secondary N) is 1. The Bertz CT molecular complexity index is 1060. The second-order valence-corrected chi connectivity index (χ2v) is 7.12. The Labute approximate surface area is 161 Å². The first-order chi connectivity index (χ1) is 13.1. The van der Waals surface area contributed by atoms with E-state index in [-0.39, 0.29) is 0 Å². The van der Waals surface area contributed by atoms with Crippen LogP contribution in [-0.4, -0.2) is 31.3 Å². The van der Waals surface area contributed by atoms with Gasteiger partial charge in [0.2, 0.25) is 5.75 Å². The highest BCUT2D eigenvalue weighted by molar-refractivity contribution is 7.18. The number of thiazole rings is 1. The van der Waals surface area contributed by atoms with Crippen LogP contribution in [0.1, 0.15) is 5.69 Å². The van der Waals surface area contributed by atoms with Crippen LogP contribution in [0, 0.1) is 6.92 Å². The van der Waals surface area contributed by atoms with E-state index in [1.165, 1.54) is 5.39 Å². The number of hydrogen-bond donors (Lipinski definition) is 1. The number of rotatable bonds is 5. The minimum Gasteiger partial charge on any atom is -0.493 e. The van der Waals surface area contributed by atoms with Gasteiger partial charge < -0.3 is 19.2 Å². The number of hydrogen-bond acceptors (Lipinski definition) is 5. The van der Waals surface area contributed by atoms with Gasteiger partial charge in [0.1, 0.15) is 5.01 Å². The van der Waals surface area contributed by atoms with E-state index in [0.717, 1.165) is 32.4 Å². The molecule has 0 unspecified atom stereocenters. The molecule has 0 bridgehead atoms. The van der Waals surface area contributed by atoms with E-state index < -0.39 is 0 Å². The first-order valence-corrected chi connectivity index (χ1v) is 9.32. The summed E-state index contributed by atoms with van der Waals surface area (Å²) < 4.78 is 16.3. The fraction of sp³-hybridized carbons (Fsp3) is 0.190. The number of H-pyrrole nitrogens is 1. The van der Waals surface area contributed by atoms with Gasteiger partial charge >= 0.3 is 0 Å². The third kappa shape index (κ3) is 3.02. The summed E-state index contributed by atoms with van der Waals surface area (Å²) >= 11 is 1.64. The number of benzene rings is 2. The molecule has 0 fully saturated rings. The van der Waals surface area contributed by atoms with Crippen molar-refractivity contribution >= 4 is 22.2 Å². The van der Waals surface area contributed by atoms with Gasteiger partial charge in [0.05, 0.1) is 37.6 Å². The van der Waals surface area contributed by atoms with Gasteiger partial charge in [-0.05, 0) is 31.2 Å². The third-order valence-electron chi connectivity index (χ3n) is 4.48. The van der Waals surface area contributed by atoms with Gasteiger partial charge in [-0.3, -0.25) is 0 Å². The van der Waals surface area contributed by atoms with E-state index >= 15 is 0 Å². The number of aryl methyl sites for hydroxylation is 1. The van der Waals surface area contributed by atoms with Gasteiger partial charge in [-0.15, -0.1) is 11.3 Å². The second-order valence-electron chi connectivity index (χ2n) is 6.12. The zero-order chi connectivity index (χ0) is 19.0. The smallest absolute Gasteiger partial charge is 0.203 e. The molecule has 2 heterocycles. The summed E-state index contributed by atoms with van der Waals surface area (Å²) in [6, 6.07) is 14.3. The van der Waals surface area contributed by atoms with Crippen molar-refractivity contribution in [2.75, 3.05) is 21.3 Å². The number of ether oxygens (including phenoxy) is 3. The fourth-order valence-corrected chi connectivity index (χ4v) is 4.19. The van der Waals surface area contributed by atoms with Crippen LogP contribution in [0.2, 0.25) is 0 Å². The molecule has 6 heteroatoms. The number of fused-ring (bicyclic) bond motifs is 1. The maximum atomic E-state index is 5.47. The molecule has 0 atom stereocenters. The molecule has 0 aliphatic heterocycles. The topological polar surface area (TPSA) is 56.4 Å². The highest BCUT2D eigenvalue weighted by atomic mass is 32.1. The van der Waals surface area contributed by atoms with Crippen LogP contribution in [0.4, 0.5) is 0 Å². The molecule has 138 valence electrons. The predicted octanol–water partition coefficient (Wildman–Crippen LogP) is 5.29. The lowest BCUT2D eigenvalue weighted by molar-refractivity contribution is 0.324. The minimum absolute atomic E-state index is 0.577. The predicted molar refractivity (Wildman–Crippen MR) is 109 cm³/mol. The lowest BCUT2D eigenvalue weighted by Crippen LogP contribution is -1.95. The Morgan fingerprint density at radius 3 is 2.26 bits per heavy atom. The molecule has 0 saturated carbocycles. The van der Waals surface area contributed by atoms with Crippen molar-refractivity contribution < 1.29 is 14.2 Å². The second kappa shape index (κ2) is 6.96. The number of para-hydroxylation sites is 1. The lowest BCUT2D eigenvalue weighted by Gasteiger charge is -2.13. The molecule has 0 amide bonds. The van der Waals surface area contributed by atoms with E-state index in [2.05, 4.69) is 23.2 Å². The quantitative estimate of drug-likeness (QED) is 0.511. The number of methoxy groups -OCH3 is 3. The van der Waals surface area contributed by atoms with Gasteiger partial charge in [-0.1, -0.05) is 18.2 Å². The molecule has 2 aromatic heterocycles. The molecule has 0 aliphatic rings. The molecular formula is C21H20N2O3S. The van der Waals surface area contributed by atoms with Crippen LogP contribution >= 0.6 is 11.3 Å². The molecule has 1 N–H and O–H groups in total. The summed E-state index contributed by atoms with van der Waals surface area (Å²) in [6.45, 7) is 2.03. The van der Waals surface area contributed by atoms with E-state index in [0.29, 0.717) is 17.2 Å². The average Bonchev–Trinajstić information content (AvgIpc) is 3.29. The van der Waals surface area contributed by atoms with Crippen LogP contribution < -0.4 is 14.2 Å². The van der Waals surface area contributed by atoms with Gasteiger partial charge in [-0.25, -0.2) is 4.98 Å². The zero-order valence-electron chi connectivity index (χ0n) is 15.6. The van der Waals surface area contributed by atoms with Gasteiger partial charge in [-0.2, -0.15) is 0 Å². The Balaban J connectivity index is 1.81. The summed E-state index contributed by atoms with van der Waals surface area (Å²) in [7, 11) is 4.83. The van der Waals surface area contributed by atoms with Crippen LogP contribution in [0.3, 0.4) is 0 Å². The molecule has 4 aromatic rings. The Hall–Kier alpha value is -2.99. The van der Waals surface area contributed by atoms with Crippen molar-refractivity contribution in [2.24, 2.45) is 0 Å². The SMILES string of the molecule is COc1cc(-c2nc(C)c(-c3cc4ccccc4[nH]3)s2)cc(OC)c1OC. The molecule has 4 rings (SSSR count). The summed E-state index contributed by atoms with van der Waals surface area (Å²) in [5, 5.41) is 2.09. The molecule has 5 nitrogen and oxygen atoms in total. The summed E-state index contributed by atoms with van der Waals surface area (Å²) in [6.07, 6.45) is 0. The van der Waals surface area contributed by atoms with Crippen LogP contribution in [-0.2, 0) is 0 Å². The molecular weight excluding hydrogens is 360 g/mol. The number of nitrogens with zero attached hydrogens (tertiary/aromatic N) is 1. The standard InChI is InChI=1S/C21H20N2O3S/c1-12-20(16-9-13-7-5-6-8-15(13)23-16)27-21(22-12)14-10-17(24-2)19(26-4)18(11-14)25-3/h5-11,23H,1-4H3. The van der Waals surface area contributed by atoms with Gasteiger partial charge in [0, 0.05) is 16.5 Å². The zero-order valence-corrected chi connectivity index (χ0v) is 16.4. The highest BCUT2D eigenvalue weighted by Crippen LogP contribution is 2.43. The Kier molecular flexibility index (Phi) is 4.49. The van der Waals surface area contributed by atoms with Crippen LogP contribution in [0.15, 0.2) is 42.5 Å². The summed E-state index contributed by atoms with van der Waals surface area (Å²) in [5.74, 6) is 1.81. The average molecular weight is 380 g/mol. The van der Waals surface area contributed by atoms with Crippen molar-refractivity contribution in [1.82, 2.24) is 9.97 Å². The van der Waals surface area contributed by atoms with Gasteiger partial charge in [0.25, 0.3) is 0 Å². The first kappa shape index (κ1) is 17.4. The minimum atomic E-state index is 0.577. The maximum absolute atomic E-state index is 5.47. The van der Waals surface area contributed by atoms with Crippen molar-refractivity contribution in [2.45, 2.75) is 6.92 Å². The molecule has 0 spiro atoms. The van der Waals surface area contributed by atoms with Crippen molar-refractivity contribution in [1.29, 1.82) is 0 Å². The monoisotopic (exact) mass is 380 g/mol.